The predicted molar refractivity (Wildman–Crippen MR) is 47.0 cm³/mol. The van der Waals surface area contributed by atoms with Gasteiger partial charge in [0.2, 0.25) is 5.88 Å². The summed E-state index contributed by atoms with van der Waals surface area (Å²) in [7, 11) is 1.37. The van der Waals surface area contributed by atoms with Crippen molar-refractivity contribution in [2.24, 2.45) is 11.5 Å². The SMILES string of the molecule is CO/C(N)=C(Cl)/C=C(\N)C(C)=O. The van der Waals surface area contributed by atoms with Crippen molar-refractivity contribution in [1.82, 2.24) is 0 Å². The Morgan fingerprint density at radius 3 is 2.33 bits per heavy atom. The Hall–Kier alpha value is -1.16. The molecule has 5 heteroatoms. The maximum atomic E-state index is 10.6. The van der Waals surface area contributed by atoms with E-state index in [1.54, 1.807) is 0 Å². The number of hydrogen-bond acceptors (Lipinski definition) is 4. The van der Waals surface area contributed by atoms with E-state index >= 15 is 0 Å². The normalized spacial score (nSPS) is 13.8. The standard InChI is InChI=1S/C7H11ClN2O2/c1-4(11)6(9)3-5(8)7(10)12-2/h3H,9-10H2,1-2H3/b6-3-,7-5-. The van der Waals surface area contributed by atoms with Crippen molar-refractivity contribution in [3.63, 3.8) is 0 Å². The van der Waals surface area contributed by atoms with E-state index in [0.29, 0.717) is 0 Å². The number of methoxy groups -OCH3 is 1. The topological polar surface area (TPSA) is 78.3 Å². The minimum absolute atomic E-state index is 0.0286. The molecule has 0 aromatic heterocycles. The van der Waals surface area contributed by atoms with Gasteiger partial charge in [0.25, 0.3) is 0 Å². The van der Waals surface area contributed by atoms with Gasteiger partial charge in [0.05, 0.1) is 12.8 Å². The second kappa shape index (κ2) is 4.66. The summed E-state index contributed by atoms with van der Waals surface area (Å²) in [6.45, 7) is 1.33. The number of ether oxygens (including phenoxy) is 1. The Labute approximate surface area is 75.8 Å². The third-order valence-electron chi connectivity index (χ3n) is 1.14. The number of rotatable bonds is 3. The van der Waals surface area contributed by atoms with E-state index in [4.69, 9.17) is 23.1 Å². The van der Waals surface area contributed by atoms with Crippen LogP contribution in [0.4, 0.5) is 0 Å². The van der Waals surface area contributed by atoms with Crippen LogP contribution in [0.1, 0.15) is 6.92 Å². The summed E-state index contributed by atoms with van der Waals surface area (Å²) in [5.41, 5.74) is 10.6. The van der Waals surface area contributed by atoms with Crippen molar-refractivity contribution in [2.75, 3.05) is 7.11 Å². The fourth-order valence-electron chi connectivity index (χ4n) is 0.407. The lowest BCUT2D eigenvalue weighted by molar-refractivity contribution is -0.113. The summed E-state index contributed by atoms with van der Waals surface area (Å²) in [5, 5.41) is 0.116. The highest BCUT2D eigenvalue weighted by Crippen LogP contribution is 2.08. The molecule has 0 saturated heterocycles. The van der Waals surface area contributed by atoms with Gasteiger partial charge in [-0.2, -0.15) is 0 Å². The van der Waals surface area contributed by atoms with E-state index in [1.807, 2.05) is 0 Å². The van der Waals surface area contributed by atoms with Gasteiger partial charge in [-0.15, -0.1) is 0 Å². The average molecular weight is 191 g/mol. The molecule has 0 fully saturated rings. The molecule has 0 aromatic rings. The molecule has 0 radical (unpaired) electrons. The summed E-state index contributed by atoms with van der Waals surface area (Å²) in [6.07, 6.45) is 1.25. The van der Waals surface area contributed by atoms with Crippen LogP contribution in [0.15, 0.2) is 22.7 Å². The minimum Gasteiger partial charge on any atom is -0.482 e. The number of ketones is 1. The van der Waals surface area contributed by atoms with Gasteiger partial charge in [-0.3, -0.25) is 4.79 Å². The van der Waals surface area contributed by atoms with Crippen LogP contribution in [0.25, 0.3) is 0 Å². The van der Waals surface area contributed by atoms with Gasteiger partial charge in [-0.1, -0.05) is 11.6 Å². The highest BCUT2D eigenvalue weighted by Gasteiger charge is 2.01. The zero-order chi connectivity index (χ0) is 9.72. The molecule has 68 valence electrons. The third-order valence-corrected chi connectivity index (χ3v) is 1.44. The molecule has 0 aromatic carbocycles. The van der Waals surface area contributed by atoms with Crippen LogP contribution in [0.3, 0.4) is 0 Å². The van der Waals surface area contributed by atoms with E-state index in [0.717, 1.165) is 0 Å². The lowest BCUT2D eigenvalue weighted by atomic mass is 10.3. The lowest BCUT2D eigenvalue weighted by Gasteiger charge is -2.00. The van der Waals surface area contributed by atoms with Gasteiger partial charge < -0.3 is 16.2 Å². The fraction of sp³-hybridized carbons (Fsp3) is 0.286. The van der Waals surface area contributed by atoms with Gasteiger partial charge in [0.1, 0.15) is 5.03 Å². The van der Waals surface area contributed by atoms with Crippen LogP contribution in [0.5, 0.6) is 0 Å². The van der Waals surface area contributed by atoms with Crippen LogP contribution in [-0.4, -0.2) is 12.9 Å². The molecule has 0 bridgehead atoms. The zero-order valence-electron chi connectivity index (χ0n) is 6.93. The molecule has 0 amide bonds. The summed E-state index contributed by atoms with van der Waals surface area (Å²) in [5.74, 6) is -0.238. The molecule has 0 aliphatic heterocycles. The lowest BCUT2D eigenvalue weighted by Crippen LogP contribution is -2.08. The monoisotopic (exact) mass is 190 g/mol. The molecule has 0 aliphatic carbocycles. The Morgan fingerprint density at radius 1 is 1.50 bits per heavy atom. The van der Waals surface area contributed by atoms with Crippen molar-refractivity contribution in [1.29, 1.82) is 0 Å². The smallest absolute Gasteiger partial charge is 0.203 e. The van der Waals surface area contributed by atoms with Gasteiger partial charge in [0.15, 0.2) is 5.78 Å². The van der Waals surface area contributed by atoms with Crippen molar-refractivity contribution in [2.45, 2.75) is 6.92 Å². The van der Waals surface area contributed by atoms with Crippen molar-refractivity contribution in [3.05, 3.63) is 22.7 Å². The van der Waals surface area contributed by atoms with Crippen molar-refractivity contribution in [3.8, 4) is 0 Å². The van der Waals surface area contributed by atoms with Crippen LogP contribution >= 0.6 is 11.6 Å². The number of carbonyl (C=O) groups excluding carboxylic acids is 1. The van der Waals surface area contributed by atoms with E-state index in [9.17, 15) is 4.79 Å². The number of Topliss-reactive ketones (excluding diaryl/α,β-unsaturated/α-hetero) is 1. The van der Waals surface area contributed by atoms with Gasteiger partial charge >= 0.3 is 0 Å². The van der Waals surface area contributed by atoms with E-state index in [1.165, 1.54) is 20.1 Å². The van der Waals surface area contributed by atoms with Gasteiger partial charge in [0, 0.05) is 6.92 Å². The number of nitrogens with two attached hydrogens (primary N) is 2. The second-order valence-electron chi connectivity index (χ2n) is 2.07. The van der Waals surface area contributed by atoms with Crippen LogP contribution in [0, 0.1) is 0 Å². The molecule has 0 saturated carbocycles. The van der Waals surface area contributed by atoms with Crippen LogP contribution in [0.2, 0.25) is 0 Å². The summed E-state index contributed by atoms with van der Waals surface area (Å²) in [4.78, 5) is 10.6. The Kier molecular flexibility index (Phi) is 4.21. The van der Waals surface area contributed by atoms with Gasteiger partial charge in [-0.05, 0) is 6.08 Å². The quantitative estimate of drug-likeness (QED) is 0.384. The molecule has 0 unspecified atom stereocenters. The minimum atomic E-state index is -0.267. The molecule has 0 heterocycles. The molecule has 4 N–H and O–H groups in total. The number of hydrogen-bond donors (Lipinski definition) is 2. The highest BCUT2D eigenvalue weighted by atomic mass is 35.5. The molecule has 12 heavy (non-hydrogen) atoms. The first-order valence-electron chi connectivity index (χ1n) is 3.16. The first kappa shape index (κ1) is 10.8. The maximum absolute atomic E-state index is 10.6. The third kappa shape index (κ3) is 3.30. The molecule has 0 rings (SSSR count). The fourth-order valence-corrected chi connectivity index (χ4v) is 0.601. The molecule has 4 nitrogen and oxygen atoms in total. The molecular weight excluding hydrogens is 180 g/mol. The summed E-state index contributed by atoms with van der Waals surface area (Å²) < 4.78 is 4.61. The number of halogens is 1. The van der Waals surface area contributed by atoms with Crippen LogP contribution < -0.4 is 11.5 Å². The Bertz CT molecular complexity index is 246. The first-order chi connectivity index (χ1) is 5.49. The second-order valence-corrected chi connectivity index (χ2v) is 2.48. The van der Waals surface area contributed by atoms with Crippen molar-refractivity contribution < 1.29 is 9.53 Å². The Balaban J connectivity index is 4.64. The summed E-state index contributed by atoms with van der Waals surface area (Å²) >= 11 is 5.59. The molecule has 0 aliphatic rings. The predicted octanol–water partition coefficient (Wildman–Crippen LogP) is 0.431. The molecular formula is C7H11ClN2O2. The Morgan fingerprint density at radius 2 is 2.00 bits per heavy atom. The zero-order valence-corrected chi connectivity index (χ0v) is 7.68. The molecule has 0 atom stereocenters. The van der Waals surface area contributed by atoms with Crippen LogP contribution in [-0.2, 0) is 9.53 Å². The average Bonchev–Trinajstić information content (AvgIpc) is 2.02. The summed E-state index contributed by atoms with van der Waals surface area (Å²) in [6, 6.07) is 0. The first-order valence-corrected chi connectivity index (χ1v) is 3.54. The van der Waals surface area contributed by atoms with Crippen molar-refractivity contribution >= 4 is 17.4 Å². The highest BCUT2D eigenvalue weighted by molar-refractivity contribution is 6.31. The largest absolute Gasteiger partial charge is 0.482 e. The maximum Gasteiger partial charge on any atom is 0.203 e. The molecule has 0 spiro atoms. The van der Waals surface area contributed by atoms with E-state index in [-0.39, 0.29) is 22.4 Å². The number of carbonyl (C=O) groups is 1. The van der Waals surface area contributed by atoms with E-state index < -0.39 is 0 Å². The number of allylic oxidation sites excluding steroid dienone is 3. The van der Waals surface area contributed by atoms with E-state index in [2.05, 4.69) is 4.74 Å². The van der Waals surface area contributed by atoms with Gasteiger partial charge in [-0.25, -0.2) is 0 Å².